The lowest BCUT2D eigenvalue weighted by atomic mass is 10.1. The largest absolute Gasteiger partial charge is 0.465 e. The van der Waals surface area contributed by atoms with Gasteiger partial charge in [-0.2, -0.15) is 0 Å². The van der Waals surface area contributed by atoms with E-state index in [2.05, 4.69) is 18.7 Å². The Morgan fingerprint density at radius 2 is 1.73 bits per heavy atom. The Balaban J connectivity index is 1.65. The molecule has 0 bridgehead atoms. The molecule has 2 fully saturated rings. The minimum Gasteiger partial charge on any atom is -0.465 e. The highest BCUT2D eigenvalue weighted by Crippen LogP contribution is 2.23. The molecule has 2 saturated heterocycles. The first kappa shape index (κ1) is 18.9. The molecule has 0 aromatic heterocycles. The fraction of sp³-hybridized carbons (Fsp3) is 0.600. The number of nitrogens with zero attached hydrogens (tertiary/aromatic N) is 2. The van der Waals surface area contributed by atoms with Crippen LogP contribution in [0.2, 0.25) is 0 Å². The van der Waals surface area contributed by atoms with Crippen molar-refractivity contribution in [2.45, 2.75) is 44.9 Å². The maximum Gasteiger partial charge on any atom is 0.337 e. The van der Waals surface area contributed by atoms with Crippen LogP contribution in [-0.4, -0.2) is 73.2 Å². The summed E-state index contributed by atoms with van der Waals surface area (Å²) >= 11 is 0. The predicted octanol–water partition coefficient (Wildman–Crippen LogP) is 2.19. The summed E-state index contributed by atoms with van der Waals surface area (Å²) in [6.07, 6.45) is 2.53. The highest BCUT2D eigenvalue weighted by Gasteiger charge is 2.32. The van der Waals surface area contributed by atoms with Gasteiger partial charge in [0, 0.05) is 37.8 Å². The molecule has 6 nitrogen and oxygen atoms in total. The molecule has 2 aliphatic heterocycles. The monoisotopic (exact) mass is 360 g/mol. The molecule has 26 heavy (non-hydrogen) atoms. The Morgan fingerprint density at radius 1 is 1.12 bits per heavy atom. The third-order valence-electron chi connectivity index (χ3n) is 5.16. The number of rotatable bonds is 4. The Morgan fingerprint density at radius 3 is 2.35 bits per heavy atom. The van der Waals surface area contributed by atoms with Gasteiger partial charge in [-0.05, 0) is 51.0 Å². The van der Waals surface area contributed by atoms with Crippen molar-refractivity contribution in [3.8, 4) is 0 Å². The summed E-state index contributed by atoms with van der Waals surface area (Å²) < 4.78 is 10.5. The zero-order chi connectivity index (χ0) is 18.7. The number of hydrogen-bond acceptors (Lipinski definition) is 5. The Kier molecular flexibility index (Phi) is 5.94. The van der Waals surface area contributed by atoms with Crippen LogP contribution in [0.1, 0.15) is 47.4 Å². The normalized spacial score (nSPS) is 26.7. The molecule has 0 radical (unpaired) electrons. The van der Waals surface area contributed by atoms with Crippen LogP contribution in [0.3, 0.4) is 0 Å². The SMILES string of the molecule is COC(=O)c1ccc(C(=O)N2CCCC2CN2CC(C)OC(C)C2)cc1. The number of methoxy groups -OCH3 is 1. The van der Waals surface area contributed by atoms with E-state index in [1.54, 1.807) is 24.3 Å². The van der Waals surface area contributed by atoms with Gasteiger partial charge in [0.25, 0.3) is 5.91 Å². The van der Waals surface area contributed by atoms with Crippen molar-refractivity contribution in [1.29, 1.82) is 0 Å². The number of esters is 1. The van der Waals surface area contributed by atoms with Gasteiger partial charge in [0.1, 0.15) is 0 Å². The number of carbonyl (C=O) groups is 2. The minimum absolute atomic E-state index is 0.0401. The van der Waals surface area contributed by atoms with Crippen molar-refractivity contribution >= 4 is 11.9 Å². The molecule has 142 valence electrons. The topological polar surface area (TPSA) is 59.1 Å². The Hall–Kier alpha value is -1.92. The van der Waals surface area contributed by atoms with Crippen molar-refractivity contribution in [2.24, 2.45) is 0 Å². The van der Waals surface area contributed by atoms with Crippen LogP contribution in [0, 0.1) is 0 Å². The molecule has 1 aromatic rings. The molecule has 3 atom stereocenters. The van der Waals surface area contributed by atoms with Gasteiger partial charge >= 0.3 is 5.97 Å². The third kappa shape index (κ3) is 4.24. The minimum atomic E-state index is -0.390. The third-order valence-corrected chi connectivity index (χ3v) is 5.16. The second-order valence-electron chi connectivity index (χ2n) is 7.34. The summed E-state index contributed by atoms with van der Waals surface area (Å²) in [6, 6.07) is 6.96. The van der Waals surface area contributed by atoms with Crippen LogP contribution < -0.4 is 0 Å². The van der Waals surface area contributed by atoms with Gasteiger partial charge < -0.3 is 14.4 Å². The van der Waals surface area contributed by atoms with Gasteiger partial charge in [-0.15, -0.1) is 0 Å². The van der Waals surface area contributed by atoms with E-state index in [4.69, 9.17) is 9.47 Å². The second-order valence-corrected chi connectivity index (χ2v) is 7.34. The molecule has 1 amide bonds. The number of hydrogen-bond donors (Lipinski definition) is 0. The van der Waals surface area contributed by atoms with Crippen LogP contribution in [0.15, 0.2) is 24.3 Å². The molecule has 0 saturated carbocycles. The van der Waals surface area contributed by atoms with Crippen molar-refractivity contribution in [3.63, 3.8) is 0 Å². The van der Waals surface area contributed by atoms with Crippen molar-refractivity contribution < 1.29 is 19.1 Å². The van der Waals surface area contributed by atoms with Gasteiger partial charge in [-0.1, -0.05) is 0 Å². The molecule has 0 N–H and O–H groups in total. The summed E-state index contributed by atoms with van der Waals surface area (Å²) in [7, 11) is 1.35. The second kappa shape index (κ2) is 8.18. The number of ether oxygens (including phenoxy) is 2. The lowest BCUT2D eigenvalue weighted by molar-refractivity contribution is -0.0715. The highest BCUT2D eigenvalue weighted by molar-refractivity contribution is 5.96. The molecule has 3 rings (SSSR count). The van der Waals surface area contributed by atoms with E-state index in [1.807, 2.05) is 4.90 Å². The Bertz CT molecular complexity index is 636. The van der Waals surface area contributed by atoms with Gasteiger partial charge in [0.2, 0.25) is 0 Å². The van der Waals surface area contributed by atoms with Crippen LogP contribution in [0.25, 0.3) is 0 Å². The maximum atomic E-state index is 12.9. The van der Waals surface area contributed by atoms with Gasteiger partial charge in [-0.25, -0.2) is 4.79 Å². The summed E-state index contributed by atoms with van der Waals surface area (Å²) in [4.78, 5) is 28.9. The first-order chi connectivity index (χ1) is 12.5. The molecule has 1 aromatic carbocycles. The fourth-order valence-corrected chi connectivity index (χ4v) is 4.06. The molecular formula is C20H28N2O4. The number of benzene rings is 1. The van der Waals surface area contributed by atoms with Crippen molar-refractivity contribution in [3.05, 3.63) is 35.4 Å². The fourth-order valence-electron chi connectivity index (χ4n) is 4.06. The summed E-state index contributed by atoms with van der Waals surface area (Å²) in [5.41, 5.74) is 1.08. The van der Waals surface area contributed by atoms with Crippen LogP contribution >= 0.6 is 0 Å². The molecule has 3 unspecified atom stereocenters. The lowest BCUT2D eigenvalue weighted by Gasteiger charge is -2.38. The number of likely N-dealkylation sites (tertiary alicyclic amines) is 1. The molecule has 0 spiro atoms. The van der Waals surface area contributed by atoms with Gasteiger partial charge in [-0.3, -0.25) is 9.69 Å². The zero-order valence-corrected chi connectivity index (χ0v) is 15.8. The van der Waals surface area contributed by atoms with E-state index in [1.165, 1.54) is 7.11 Å². The Labute approximate surface area is 155 Å². The van der Waals surface area contributed by atoms with E-state index < -0.39 is 5.97 Å². The van der Waals surface area contributed by atoms with E-state index >= 15 is 0 Å². The smallest absolute Gasteiger partial charge is 0.337 e. The lowest BCUT2D eigenvalue weighted by Crippen LogP contribution is -2.50. The average Bonchev–Trinajstić information content (AvgIpc) is 3.07. The summed E-state index contributed by atoms with van der Waals surface area (Å²) in [6.45, 7) is 7.71. The summed E-state index contributed by atoms with van der Waals surface area (Å²) in [5.74, 6) is -0.350. The first-order valence-electron chi connectivity index (χ1n) is 9.35. The van der Waals surface area contributed by atoms with Crippen LogP contribution in [0.5, 0.6) is 0 Å². The van der Waals surface area contributed by atoms with E-state index in [9.17, 15) is 9.59 Å². The first-order valence-corrected chi connectivity index (χ1v) is 9.35. The van der Waals surface area contributed by atoms with Gasteiger partial charge in [0.15, 0.2) is 0 Å². The molecular weight excluding hydrogens is 332 g/mol. The standard InChI is InChI=1S/C20H28N2O4/c1-14-11-21(12-15(2)26-14)13-18-5-4-10-22(18)19(23)16-6-8-17(9-7-16)20(24)25-3/h6-9,14-15,18H,4-5,10-13H2,1-3H3. The highest BCUT2D eigenvalue weighted by atomic mass is 16.5. The van der Waals surface area contributed by atoms with Crippen molar-refractivity contribution in [1.82, 2.24) is 9.80 Å². The maximum absolute atomic E-state index is 12.9. The number of amides is 1. The predicted molar refractivity (Wildman–Crippen MR) is 98.3 cm³/mol. The van der Waals surface area contributed by atoms with E-state index in [0.717, 1.165) is 39.0 Å². The molecule has 0 aliphatic carbocycles. The quantitative estimate of drug-likeness (QED) is 0.771. The number of morpholine rings is 1. The zero-order valence-electron chi connectivity index (χ0n) is 15.8. The average molecular weight is 360 g/mol. The summed E-state index contributed by atoms with van der Waals surface area (Å²) in [5, 5.41) is 0. The molecule has 6 heteroatoms. The van der Waals surface area contributed by atoms with Crippen LogP contribution in [-0.2, 0) is 9.47 Å². The number of carbonyl (C=O) groups excluding carboxylic acids is 2. The molecule has 2 aliphatic rings. The van der Waals surface area contributed by atoms with Crippen LogP contribution in [0.4, 0.5) is 0 Å². The van der Waals surface area contributed by atoms with E-state index in [-0.39, 0.29) is 24.2 Å². The van der Waals surface area contributed by atoms with Crippen molar-refractivity contribution in [2.75, 3.05) is 33.3 Å². The van der Waals surface area contributed by atoms with E-state index in [0.29, 0.717) is 11.1 Å². The van der Waals surface area contributed by atoms with Gasteiger partial charge in [0.05, 0.1) is 24.9 Å². The molecule has 2 heterocycles.